The van der Waals surface area contributed by atoms with Crippen LogP contribution < -0.4 is 0 Å². The predicted molar refractivity (Wildman–Crippen MR) is 84.3 cm³/mol. The van der Waals surface area contributed by atoms with Gasteiger partial charge in [0, 0.05) is 5.56 Å². The van der Waals surface area contributed by atoms with Crippen LogP contribution in [0.25, 0.3) is 21.3 Å². The zero-order valence-electron chi connectivity index (χ0n) is 11.1. The van der Waals surface area contributed by atoms with Crippen molar-refractivity contribution >= 4 is 33.2 Å². The molecule has 0 fully saturated rings. The fourth-order valence-corrected chi connectivity index (χ4v) is 3.78. The summed E-state index contributed by atoms with van der Waals surface area (Å²) in [7, 11) is 0. The number of aryl methyl sites for hydroxylation is 3. The molecule has 0 atom stereocenters. The zero-order chi connectivity index (χ0) is 13.6. The number of hydrogen-bond acceptors (Lipinski definition) is 2. The first-order chi connectivity index (χ1) is 9.06. The fraction of sp³-hybridized carbons (Fsp3) is 0.188. The molecule has 0 saturated carbocycles. The highest BCUT2D eigenvalue weighted by atomic mass is 35.5. The van der Waals surface area contributed by atoms with Crippen LogP contribution in [0.3, 0.4) is 0 Å². The topological polar surface area (TPSA) is 12.9 Å². The van der Waals surface area contributed by atoms with Gasteiger partial charge in [-0.05, 0) is 43.5 Å². The summed E-state index contributed by atoms with van der Waals surface area (Å²) < 4.78 is 1.74. The first-order valence-electron chi connectivity index (χ1n) is 6.19. The smallest absolute Gasteiger partial charge is 0.184 e. The van der Waals surface area contributed by atoms with Crippen molar-refractivity contribution in [2.24, 2.45) is 0 Å². The molecule has 0 N–H and O–H groups in total. The molecule has 0 radical (unpaired) electrons. The SMILES string of the molecule is Cc1cc(C)c(-c2cccc3sc(Cl)nc23)c(C)c1. The van der Waals surface area contributed by atoms with E-state index in [1.54, 1.807) is 0 Å². The maximum atomic E-state index is 6.05. The third kappa shape index (κ3) is 2.15. The quantitative estimate of drug-likeness (QED) is 0.572. The van der Waals surface area contributed by atoms with Crippen LogP contribution in [0.2, 0.25) is 4.47 Å². The lowest BCUT2D eigenvalue weighted by molar-refractivity contribution is 1.32. The molecule has 2 aromatic carbocycles. The first kappa shape index (κ1) is 12.6. The summed E-state index contributed by atoms with van der Waals surface area (Å²) in [5.41, 5.74) is 7.33. The Balaban J connectivity index is 2.36. The monoisotopic (exact) mass is 287 g/mol. The molecule has 0 amide bonds. The molecular formula is C16H14ClNS. The molecule has 19 heavy (non-hydrogen) atoms. The lowest BCUT2D eigenvalue weighted by atomic mass is 9.93. The highest BCUT2D eigenvalue weighted by Gasteiger charge is 2.12. The number of para-hydroxylation sites is 1. The molecule has 3 aromatic rings. The molecule has 96 valence electrons. The van der Waals surface area contributed by atoms with E-state index < -0.39 is 0 Å². The Bertz CT molecular complexity index is 751. The van der Waals surface area contributed by atoms with E-state index in [0.29, 0.717) is 4.47 Å². The second-order valence-electron chi connectivity index (χ2n) is 4.89. The first-order valence-corrected chi connectivity index (χ1v) is 7.39. The maximum Gasteiger partial charge on any atom is 0.184 e. The number of nitrogens with zero attached hydrogens (tertiary/aromatic N) is 1. The van der Waals surface area contributed by atoms with Gasteiger partial charge in [0.15, 0.2) is 4.47 Å². The van der Waals surface area contributed by atoms with Gasteiger partial charge in [0.1, 0.15) is 0 Å². The molecule has 1 nitrogen and oxygen atoms in total. The Kier molecular flexibility index (Phi) is 3.08. The minimum absolute atomic E-state index is 0.602. The summed E-state index contributed by atoms with van der Waals surface area (Å²) in [5.74, 6) is 0. The van der Waals surface area contributed by atoms with Crippen LogP contribution in [0.15, 0.2) is 30.3 Å². The van der Waals surface area contributed by atoms with E-state index in [9.17, 15) is 0 Å². The number of benzene rings is 2. The number of halogens is 1. The van der Waals surface area contributed by atoms with Crippen LogP contribution in [0.5, 0.6) is 0 Å². The summed E-state index contributed by atoms with van der Waals surface area (Å²) in [4.78, 5) is 4.48. The largest absolute Gasteiger partial charge is 0.224 e. The van der Waals surface area contributed by atoms with Crippen LogP contribution >= 0.6 is 22.9 Å². The molecule has 3 heteroatoms. The van der Waals surface area contributed by atoms with Crippen molar-refractivity contribution in [2.75, 3.05) is 0 Å². The summed E-state index contributed by atoms with van der Waals surface area (Å²) in [6, 6.07) is 10.7. The van der Waals surface area contributed by atoms with Gasteiger partial charge in [0.05, 0.1) is 10.2 Å². The third-order valence-corrected chi connectivity index (χ3v) is 4.46. The summed E-state index contributed by atoms with van der Waals surface area (Å²) in [5, 5.41) is 0. The summed E-state index contributed by atoms with van der Waals surface area (Å²) in [6.45, 7) is 6.44. The summed E-state index contributed by atoms with van der Waals surface area (Å²) >= 11 is 7.58. The van der Waals surface area contributed by atoms with Gasteiger partial charge < -0.3 is 0 Å². The van der Waals surface area contributed by atoms with E-state index in [4.69, 9.17) is 11.6 Å². The Morgan fingerprint density at radius 3 is 2.42 bits per heavy atom. The maximum absolute atomic E-state index is 6.05. The lowest BCUT2D eigenvalue weighted by Gasteiger charge is -2.12. The van der Waals surface area contributed by atoms with Gasteiger partial charge >= 0.3 is 0 Å². The molecule has 0 aliphatic carbocycles. The van der Waals surface area contributed by atoms with Crippen LogP contribution in [-0.4, -0.2) is 4.98 Å². The van der Waals surface area contributed by atoms with Crippen molar-refractivity contribution in [3.8, 4) is 11.1 Å². The third-order valence-electron chi connectivity index (χ3n) is 3.34. The van der Waals surface area contributed by atoms with E-state index >= 15 is 0 Å². The zero-order valence-corrected chi connectivity index (χ0v) is 12.7. The molecule has 0 saturated heterocycles. The minimum atomic E-state index is 0.602. The van der Waals surface area contributed by atoms with Gasteiger partial charge in [0.25, 0.3) is 0 Å². The van der Waals surface area contributed by atoms with Crippen molar-refractivity contribution in [3.05, 3.63) is 51.5 Å². The molecule has 0 unspecified atom stereocenters. The van der Waals surface area contributed by atoms with Gasteiger partial charge in [-0.3, -0.25) is 0 Å². The lowest BCUT2D eigenvalue weighted by Crippen LogP contribution is -1.91. The van der Waals surface area contributed by atoms with Crippen molar-refractivity contribution in [1.82, 2.24) is 4.98 Å². The number of hydrogen-bond donors (Lipinski definition) is 0. The van der Waals surface area contributed by atoms with Gasteiger partial charge in [-0.1, -0.05) is 41.4 Å². The molecule has 3 rings (SSSR count). The number of aromatic nitrogens is 1. The Labute approximate surface area is 121 Å². The van der Waals surface area contributed by atoms with Crippen molar-refractivity contribution < 1.29 is 0 Å². The van der Waals surface area contributed by atoms with E-state index in [1.807, 2.05) is 0 Å². The Morgan fingerprint density at radius 1 is 1.05 bits per heavy atom. The molecule has 0 spiro atoms. The fourth-order valence-electron chi connectivity index (χ4n) is 2.73. The number of rotatable bonds is 1. The Hall–Kier alpha value is -1.38. The molecular weight excluding hydrogens is 274 g/mol. The van der Waals surface area contributed by atoms with Crippen molar-refractivity contribution in [2.45, 2.75) is 20.8 Å². The predicted octanol–water partition coefficient (Wildman–Crippen LogP) is 5.54. The molecule has 0 aliphatic heterocycles. The van der Waals surface area contributed by atoms with Crippen LogP contribution in [0, 0.1) is 20.8 Å². The van der Waals surface area contributed by atoms with Crippen LogP contribution in [0.1, 0.15) is 16.7 Å². The van der Waals surface area contributed by atoms with E-state index in [-0.39, 0.29) is 0 Å². The standard InChI is InChI=1S/C16H14ClNS/c1-9-7-10(2)14(11(3)8-9)12-5-4-6-13-15(12)18-16(17)19-13/h4-8H,1-3H3. The molecule has 0 aliphatic rings. The van der Waals surface area contributed by atoms with Gasteiger partial charge in [-0.15, -0.1) is 11.3 Å². The van der Waals surface area contributed by atoms with Crippen LogP contribution in [-0.2, 0) is 0 Å². The number of fused-ring (bicyclic) bond motifs is 1. The molecule has 1 aromatic heterocycles. The number of thiazole rings is 1. The minimum Gasteiger partial charge on any atom is -0.224 e. The average Bonchev–Trinajstić information content (AvgIpc) is 2.68. The highest BCUT2D eigenvalue weighted by molar-refractivity contribution is 7.22. The van der Waals surface area contributed by atoms with Gasteiger partial charge in [-0.2, -0.15) is 0 Å². The van der Waals surface area contributed by atoms with E-state index in [0.717, 1.165) is 10.2 Å². The van der Waals surface area contributed by atoms with Crippen molar-refractivity contribution in [1.29, 1.82) is 0 Å². The average molecular weight is 288 g/mol. The Morgan fingerprint density at radius 2 is 1.74 bits per heavy atom. The normalized spacial score (nSPS) is 11.2. The second-order valence-corrected chi connectivity index (χ2v) is 6.51. The van der Waals surface area contributed by atoms with E-state index in [2.05, 4.69) is 56.1 Å². The summed E-state index contributed by atoms with van der Waals surface area (Å²) in [6.07, 6.45) is 0. The molecule has 1 heterocycles. The highest BCUT2D eigenvalue weighted by Crippen LogP contribution is 2.36. The van der Waals surface area contributed by atoms with Gasteiger partial charge in [-0.25, -0.2) is 4.98 Å². The van der Waals surface area contributed by atoms with Gasteiger partial charge in [0.2, 0.25) is 0 Å². The second kappa shape index (κ2) is 4.62. The van der Waals surface area contributed by atoms with Crippen molar-refractivity contribution in [3.63, 3.8) is 0 Å². The van der Waals surface area contributed by atoms with Crippen LogP contribution in [0.4, 0.5) is 0 Å². The van der Waals surface area contributed by atoms with E-state index in [1.165, 1.54) is 39.2 Å². The molecule has 0 bridgehead atoms.